The van der Waals surface area contributed by atoms with Gasteiger partial charge in [-0.1, -0.05) is 79.0 Å². The van der Waals surface area contributed by atoms with Crippen molar-refractivity contribution in [2.45, 2.75) is 26.6 Å². The highest BCUT2D eigenvalue weighted by atomic mass is 16.3. The SMILES string of the molecule is C\C=C/C=C\C=C\c1ccc(C2=CC=CCC=C2)c(CO)c1CO. The number of hydrogen-bond donors (Lipinski definition) is 2. The normalized spacial score (nSPS) is 14.9. The zero-order chi connectivity index (χ0) is 17.2. The minimum Gasteiger partial charge on any atom is -0.392 e. The summed E-state index contributed by atoms with van der Waals surface area (Å²) in [4.78, 5) is 0. The summed E-state index contributed by atoms with van der Waals surface area (Å²) in [7, 11) is 0. The van der Waals surface area contributed by atoms with Crippen molar-refractivity contribution >= 4 is 11.6 Å². The van der Waals surface area contributed by atoms with Crippen LogP contribution in [0.3, 0.4) is 0 Å². The maximum Gasteiger partial charge on any atom is 0.0691 e. The van der Waals surface area contributed by atoms with Crippen molar-refractivity contribution in [2.75, 3.05) is 0 Å². The van der Waals surface area contributed by atoms with Crippen LogP contribution in [0.25, 0.3) is 11.6 Å². The van der Waals surface area contributed by atoms with Crippen LogP contribution in [0.5, 0.6) is 0 Å². The summed E-state index contributed by atoms with van der Waals surface area (Å²) in [5.41, 5.74) is 4.48. The molecule has 0 amide bonds. The van der Waals surface area contributed by atoms with Crippen LogP contribution in [0.2, 0.25) is 0 Å². The van der Waals surface area contributed by atoms with Crippen molar-refractivity contribution in [1.29, 1.82) is 0 Å². The van der Waals surface area contributed by atoms with Crippen LogP contribution >= 0.6 is 0 Å². The van der Waals surface area contributed by atoms with Crippen LogP contribution in [0.15, 0.2) is 72.9 Å². The molecule has 124 valence electrons. The second-order valence-corrected chi connectivity index (χ2v) is 5.43. The zero-order valence-electron chi connectivity index (χ0n) is 14.0. The highest BCUT2D eigenvalue weighted by Crippen LogP contribution is 2.28. The molecule has 0 bridgehead atoms. The summed E-state index contributed by atoms with van der Waals surface area (Å²) in [6, 6.07) is 4.00. The fourth-order valence-corrected chi connectivity index (χ4v) is 2.66. The van der Waals surface area contributed by atoms with Crippen molar-refractivity contribution in [3.63, 3.8) is 0 Å². The van der Waals surface area contributed by atoms with Crippen LogP contribution in [-0.4, -0.2) is 10.2 Å². The molecule has 0 saturated carbocycles. The van der Waals surface area contributed by atoms with Gasteiger partial charge in [-0.2, -0.15) is 0 Å². The summed E-state index contributed by atoms with van der Waals surface area (Å²) in [5.74, 6) is 0. The van der Waals surface area contributed by atoms with Gasteiger partial charge in [0.1, 0.15) is 0 Å². The van der Waals surface area contributed by atoms with Crippen LogP contribution in [0, 0.1) is 0 Å². The monoisotopic (exact) mass is 320 g/mol. The van der Waals surface area contributed by atoms with Gasteiger partial charge >= 0.3 is 0 Å². The lowest BCUT2D eigenvalue weighted by Gasteiger charge is -2.15. The zero-order valence-corrected chi connectivity index (χ0v) is 14.0. The third-order valence-corrected chi connectivity index (χ3v) is 3.88. The van der Waals surface area contributed by atoms with E-state index in [1.165, 1.54) is 0 Å². The van der Waals surface area contributed by atoms with Crippen molar-refractivity contribution in [1.82, 2.24) is 0 Å². The Hall–Kier alpha value is -2.42. The van der Waals surface area contributed by atoms with Gasteiger partial charge < -0.3 is 10.2 Å². The van der Waals surface area contributed by atoms with E-state index in [9.17, 15) is 10.2 Å². The Morgan fingerprint density at radius 1 is 0.958 bits per heavy atom. The number of aliphatic hydroxyl groups excluding tert-OH is 2. The quantitative estimate of drug-likeness (QED) is 0.745. The van der Waals surface area contributed by atoms with Crippen molar-refractivity contribution in [3.05, 3.63) is 95.1 Å². The Labute approximate surface area is 144 Å². The average Bonchev–Trinajstić information content (AvgIpc) is 2.90. The van der Waals surface area contributed by atoms with Crippen LogP contribution < -0.4 is 0 Å². The first-order chi connectivity index (χ1) is 11.8. The Morgan fingerprint density at radius 2 is 1.75 bits per heavy atom. The first-order valence-electron chi connectivity index (χ1n) is 8.18. The van der Waals surface area contributed by atoms with Gasteiger partial charge in [0.05, 0.1) is 13.2 Å². The highest BCUT2D eigenvalue weighted by molar-refractivity contribution is 5.79. The number of benzene rings is 1. The maximum atomic E-state index is 9.87. The Kier molecular flexibility index (Phi) is 7.21. The lowest BCUT2D eigenvalue weighted by atomic mass is 9.91. The van der Waals surface area contributed by atoms with Gasteiger partial charge in [0.15, 0.2) is 0 Å². The standard InChI is InChI=1S/C22H24O2/c1-2-3-4-5-8-13-19-14-15-20(22(17-24)21(19)16-23)18-11-9-6-7-10-12-18/h2-6,8-15,23-24H,7,16-17H2,1H3/b3-2-,5-4-,13-8+. The molecule has 0 saturated heterocycles. The topological polar surface area (TPSA) is 40.5 Å². The number of allylic oxidation sites excluding steroid dienone is 11. The van der Waals surface area contributed by atoms with Gasteiger partial charge in [0.25, 0.3) is 0 Å². The molecule has 2 N–H and O–H groups in total. The molecule has 2 nitrogen and oxygen atoms in total. The molecule has 2 heteroatoms. The highest BCUT2D eigenvalue weighted by Gasteiger charge is 2.13. The molecular weight excluding hydrogens is 296 g/mol. The summed E-state index contributed by atoms with van der Waals surface area (Å²) in [6.07, 6.45) is 22.9. The molecule has 1 aliphatic rings. The van der Waals surface area contributed by atoms with Crippen molar-refractivity contribution < 1.29 is 10.2 Å². The molecule has 0 aromatic heterocycles. The fourth-order valence-electron chi connectivity index (χ4n) is 2.66. The Balaban J connectivity index is 2.43. The van der Waals surface area contributed by atoms with Gasteiger partial charge in [-0.15, -0.1) is 0 Å². The smallest absolute Gasteiger partial charge is 0.0691 e. The second kappa shape index (κ2) is 9.66. The van der Waals surface area contributed by atoms with Gasteiger partial charge in [0.2, 0.25) is 0 Å². The van der Waals surface area contributed by atoms with Crippen LogP contribution in [0.1, 0.15) is 35.6 Å². The molecule has 2 rings (SSSR count). The summed E-state index contributed by atoms with van der Waals surface area (Å²) in [6.45, 7) is 1.76. The van der Waals surface area contributed by atoms with Crippen LogP contribution in [0.4, 0.5) is 0 Å². The molecule has 0 unspecified atom stereocenters. The molecule has 1 aromatic rings. The van der Waals surface area contributed by atoms with Gasteiger partial charge in [-0.25, -0.2) is 0 Å². The largest absolute Gasteiger partial charge is 0.392 e. The maximum absolute atomic E-state index is 9.87. The van der Waals surface area contributed by atoms with E-state index in [4.69, 9.17) is 0 Å². The van der Waals surface area contributed by atoms with E-state index in [0.29, 0.717) is 0 Å². The molecule has 0 spiro atoms. The molecule has 0 heterocycles. The summed E-state index contributed by atoms with van der Waals surface area (Å²) < 4.78 is 0. The third-order valence-electron chi connectivity index (χ3n) is 3.88. The molecular formula is C22H24O2. The molecule has 0 aliphatic heterocycles. The van der Waals surface area contributed by atoms with Gasteiger partial charge in [-0.3, -0.25) is 0 Å². The van der Waals surface area contributed by atoms with Crippen molar-refractivity contribution in [2.24, 2.45) is 0 Å². The van der Waals surface area contributed by atoms with E-state index in [1.54, 1.807) is 0 Å². The average molecular weight is 320 g/mol. The van der Waals surface area contributed by atoms with Gasteiger partial charge in [-0.05, 0) is 41.2 Å². The van der Waals surface area contributed by atoms with E-state index in [1.807, 2.05) is 67.7 Å². The van der Waals surface area contributed by atoms with E-state index in [-0.39, 0.29) is 13.2 Å². The minimum absolute atomic E-state index is 0.101. The number of hydrogen-bond acceptors (Lipinski definition) is 2. The van der Waals surface area contributed by atoms with E-state index < -0.39 is 0 Å². The van der Waals surface area contributed by atoms with E-state index >= 15 is 0 Å². The predicted molar refractivity (Wildman–Crippen MR) is 102 cm³/mol. The molecule has 0 radical (unpaired) electrons. The molecule has 0 fully saturated rings. The van der Waals surface area contributed by atoms with Crippen molar-refractivity contribution in [3.8, 4) is 0 Å². The first kappa shape index (κ1) is 17.9. The third kappa shape index (κ3) is 4.54. The summed E-state index contributed by atoms with van der Waals surface area (Å²) >= 11 is 0. The second-order valence-electron chi connectivity index (χ2n) is 5.43. The molecule has 0 atom stereocenters. The minimum atomic E-state index is -0.102. The number of rotatable bonds is 6. The van der Waals surface area contributed by atoms with Gasteiger partial charge in [0, 0.05) is 0 Å². The van der Waals surface area contributed by atoms with E-state index in [0.717, 1.165) is 34.2 Å². The predicted octanol–water partition coefficient (Wildman–Crippen LogP) is 4.72. The molecule has 24 heavy (non-hydrogen) atoms. The fraction of sp³-hybridized carbons (Fsp3) is 0.182. The van der Waals surface area contributed by atoms with Crippen LogP contribution in [-0.2, 0) is 13.2 Å². The lowest BCUT2D eigenvalue weighted by molar-refractivity contribution is 0.259. The Morgan fingerprint density at radius 3 is 2.50 bits per heavy atom. The summed E-state index contributed by atoms with van der Waals surface area (Å²) in [5, 5.41) is 19.7. The Bertz CT molecular complexity index is 729. The molecule has 1 aromatic carbocycles. The van der Waals surface area contributed by atoms with E-state index in [2.05, 4.69) is 18.2 Å². The number of aliphatic hydroxyl groups is 2. The molecule has 1 aliphatic carbocycles. The lowest BCUT2D eigenvalue weighted by Crippen LogP contribution is -2.02. The first-order valence-corrected chi connectivity index (χ1v) is 8.18.